The Morgan fingerprint density at radius 2 is 2.00 bits per heavy atom. The molecule has 1 aromatic carbocycles. The number of hydrogen-bond acceptors (Lipinski definition) is 5. The molecule has 0 radical (unpaired) electrons. The van der Waals surface area contributed by atoms with Gasteiger partial charge in [0.1, 0.15) is 0 Å². The molecule has 3 amide bonds. The smallest absolute Gasteiger partial charge is 0.321 e. The molecule has 0 unspecified atom stereocenters. The fourth-order valence-corrected chi connectivity index (χ4v) is 4.10. The van der Waals surface area contributed by atoms with Crippen LogP contribution < -0.4 is 16.0 Å². The molecule has 1 aliphatic heterocycles. The Bertz CT molecular complexity index is 877. The minimum Gasteiger partial charge on any atom is -0.336 e. The van der Waals surface area contributed by atoms with Gasteiger partial charge in [-0.1, -0.05) is 6.07 Å². The first kappa shape index (κ1) is 20.3. The molecule has 2 heterocycles. The molecule has 0 saturated heterocycles. The van der Waals surface area contributed by atoms with Crippen molar-refractivity contribution in [2.75, 3.05) is 23.7 Å². The highest BCUT2D eigenvalue weighted by Crippen LogP contribution is 2.28. The number of carbonyl (C=O) groups excluding carboxylic acids is 2. The second-order valence-electron chi connectivity index (χ2n) is 7.45. The van der Waals surface area contributed by atoms with Gasteiger partial charge in [0.25, 0.3) is 0 Å². The summed E-state index contributed by atoms with van der Waals surface area (Å²) in [5.41, 5.74) is 4.20. The van der Waals surface area contributed by atoms with Crippen molar-refractivity contribution in [2.45, 2.75) is 46.7 Å². The highest BCUT2D eigenvalue weighted by molar-refractivity contribution is 7.15. The summed E-state index contributed by atoms with van der Waals surface area (Å²) >= 11 is 1.47. The topological polar surface area (TPSA) is 86.4 Å². The van der Waals surface area contributed by atoms with Gasteiger partial charge in [0.2, 0.25) is 5.91 Å². The van der Waals surface area contributed by atoms with Crippen LogP contribution in [0, 0.1) is 13.8 Å². The highest BCUT2D eigenvalue weighted by Gasteiger charge is 2.23. The number of urea groups is 1. The molecule has 0 bridgehead atoms. The van der Waals surface area contributed by atoms with Crippen molar-refractivity contribution in [3.63, 3.8) is 0 Å². The minimum absolute atomic E-state index is 0.0223. The number of aromatic nitrogens is 1. The van der Waals surface area contributed by atoms with Crippen LogP contribution in [-0.2, 0) is 17.8 Å². The first-order chi connectivity index (χ1) is 13.3. The van der Waals surface area contributed by atoms with Crippen LogP contribution in [0.5, 0.6) is 0 Å². The Balaban J connectivity index is 1.55. The molecular formula is C20H27N5O2S. The van der Waals surface area contributed by atoms with E-state index in [9.17, 15) is 9.59 Å². The highest BCUT2D eigenvalue weighted by atomic mass is 32.1. The van der Waals surface area contributed by atoms with Crippen LogP contribution in [0.3, 0.4) is 0 Å². The zero-order valence-electron chi connectivity index (χ0n) is 16.8. The Morgan fingerprint density at radius 3 is 2.71 bits per heavy atom. The zero-order valence-corrected chi connectivity index (χ0v) is 17.6. The second-order valence-corrected chi connectivity index (χ2v) is 8.53. The van der Waals surface area contributed by atoms with Gasteiger partial charge in [-0.15, -0.1) is 11.3 Å². The van der Waals surface area contributed by atoms with Gasteiger partial charge in [0.15, 0.2) is 5.13 Å². The standard InChI is InChI=1S/C20H27N5O2S/c1-12(2)21-19(27)24-20-23-16-7-8-25(10-17(16)28-20)11-18(26)22-15-6-5-13(3)14(4)9-15/h5-6,9,12H,7-8,10-11H2,1-4H3,(H,22,26)(H2,21,23,24,27). The summed E-state index contributed by atoms with van der Waals surface area (Å²) in [7, 11) is 0. The monoisotopic (exact) mass is 401 g/mol. The summed E-state index contributed by atoms with van der Waals surface area (Å²) in [4.78, 5) is 32.0. The molecule has 0 saturated carbocycles. The second kappa shape index (κ2) is 8.70. The molecule has 1 aromatic heterocycles. The average molecular weight is 402 g/mol. The van der Waals surface area contributed by atoms with Crippen molar-refractivity contribution in [1.29, 1.82) is 0 Å². The maximum absolute atomic E-state index is 12.4. The number of nitrogens with one attached hydrogen (secondary N) is 3. The Kier molecular flexibility index (Phi) is 6.31. The van der Waals surface area contributed by atoms with Crippen molar-refractivity contribution in [2.24, 2.45) is 0 Å². The van der Waals surface area contributed by atoms with Gasteiger partial charge in [-0.3, -0.25) is 15.0 Å². The number of anilines is 2. The van der Waals surface area contributed by atoms with E-state index < -0.39 is 0 Å². The maximum atomic E-state index is 12.4. The lowest BCUT2D eigenvalue weighted by Crippen LogP contribution is -2.36. The van der Waals surface area contributed by atoms with Gasteiger partial charge in [-0.05, 0) is 51.0 Å². The fraction of sp³-hybridized carbons (Fsp3) is 0.450. The number of fused-ring (bicyclic) bond motifs is 1. The summed E-state index contributed by atoms with van der Waals surface area (Å²) in [5, 5.41) is 9.15. The molecule has 8 heteroatoms. The molecule has 0 fully saturated rings. The third kappa shape index (κ3) is 5.30. The summed E-state index contributed by atoms with van der Waals surface area (Å²) in [6, 6.07) is 5.76. The molecule has 2 aromatic rings. The first-order valence-corrected chi connectivity index (χ1v) is 10.3. The van der Waals surface area contributed by atoms with E-state index in [-0.39, 0.29) is 18.0 Å². The van der Waals surface area contributed by atoms with Crippen molar-refractivity contribution < 1.29 is 9.59 Å². The molecule has 7 nitrogen and oxygen atoms in total. The predicted octanol–water partition coefficient (Wildman–Crippen LogP) is 3.29. The van der Waals surface area contributed by atoms with Gasteiger partial charge < -0.3 is 10.6 Å². The van der Waals surface area contributed by atoms with E-state index in [0.29, 0.717) is 18.2 Å². The summed E-state index contributed by atoms with van der Waals surface area (Å²) in [5.74, 6) is -0.0223. The number of thiazole rings is 1. The lowest BCUT2D eigenvalue weighted by Gasteiger charge is -2.25. The van der Waals surface area contributed by atoms with E-state index in [2.05, 4.69) is 32.8 Å². The van der Waals surface area contributed by atoms with E-state index in [1.54, 1.807) is 0 Å². The van der Waals surface area contributed by atoms with Gasteiger partial charge in [-0.2, -0.15) is 0 Å². The van der Waals surface area contributed by atoms with Crippen LogP contribution in [0.25, 0.3) is 0 Å². The van der Waals surface area contributed by atoms with Crippen LogP contribution in [0.1, 0.15) is 35.5 Å². The van der Waals surface area contributed by atoms with Crippen LogP contribution in [0.15, 0.2) is 18.2 Å². The number of benzene rings is 1. The van der Waals surface area contributed by atoms with Crippen LogP contribution in [-0.4, -0.2) is 41.0 Å². The maximum Gasteiger partial charge on any atom is 0.321 e. The normalized spacial score (nSPS) is 13.9. The number of amides is 3. The fourth-order valence-electron chi connectivity index (χ4n) is 3.05. The Labute approximate surface area is 169 Å². The summed E-state index contributed by atoms with van der Waals surface area (Å²) < 4.78 is 0. The number of carbonyl (C=O) groups is 2. The largest absolute Gasteiger partial charge is 0.336 e. The third-order valence-electron chi connectivity index (χ3n) is 4.61. The Morgan fingerprint density at radius 1 is 1.21 bits per heavy atom. The van der Waals surface area contributed by atoms with Crippen LogP contribution >= 0.6 is 11.3 Å². The molecule has 150 valence electrons. The third-order valence-corrected chi connectivity index (χ3v) is 5.61. The lowest BCUT2D eigenvalue weighted by atomic mass is 10.1. The number of aryl methyl sites for hydroxylation is 2. The van der Waals surface area contributed by atoms with Gasteiger partial charge in [0.05, 0.1) is 12.2 Å². The SMILES string of the molecule is Cc1ccc(NC(=O)CN2CCc3nc(NC(=O)NC(C)C)sc3C2)cc1C. The zero-order chi connectivity index (χ0) is 20.3. The molecule has 28 heavy (non-hydrogen) atoms. The van der Waals surface area contributed by atoms with Crippen LogP contribution in [0.4, 0.5) is 15.6 Å². The first-order valence-electron chi connectivity index (χ1n) is 9.45. The van der Waals surface area contributed by atoms with E-state index in [0.717, 1.165) is 34.8 Å². The molecule has 3 rings (SSSR count). The van der Waals surface area contributed by atoms with Gasteiger partial charge in [-0.25, -0.2) is 9.78 Å². The minimum atomic E-state index is -0.245. The molecular weight excluding hydrogens is 374 g/mol. The molecule has 0 aliphatic carbocycles. The Hall–Kier alpha value is -2.45. The molecule has 3 N–H and O–H groups in total. The van der Waals surface area contributed by atoms with Crippen molar-refractivity contribution in [3.05, 3.63) is 39.9 Å². The quantitative estimate of drug-likeness (QED) is 0.718. The van der Waals surface area contributed by atoms with Crippen molar-refractivity contribution >= 4 is 34.1 Å². The summed E-state index contributed by atoms with van der Waals surface area (Å²) in [6.07, 6.45) is 0.774. The number of nitrogens with zero attached hydrogens (tertiary/aromatic N) is 2. The summed E-state index contributed by atoms with van der Waals surface area (Å²) in [6.45, 7) is 9.68. The van der Waals surface area contributed by atoms with E-state index >= 15 is 0 Å². The lowest BCUT2D eigenvalue weighted by molar-refractivity contribution is -0.117. The van der Waals surface area contributed by atoms with Gasteiger partial charge >= 0.3 is 6.03 Å². The molecule has 0 spiro atoms. The predicted molar refractivity (Wildman–Crippen MR) is 113 cm³/mol. The number of hydrogen-bond donors (Lipinski definition) is 3. The van der Waals surface area contributed by atoms with Gasteiger partial charge in [0, 0.05) is 36.1 Å². The van der Waals surface area contributed by atoms with E-state index in [1.165, 1.54) is 16.9 Å². The van der Waals surface area contributed by atoms with E-state index in [4.69, 9.17) is 0 Å². The molecule has 0 atom stereocenters. The molecule has 1 aliphatic rings. The van der Waals surface area contributed by atoms with Crippen molar-refractivity contribution in [3.8, 4) is 0 Å². The van der Waals surface area contributed by atoms with Crippen LogP contribution in [0.2, 0.25) is 0 Å². The average Bonchev–Trinajstić information content (AvgIpc) is 2.98. The number of rotatable bonds is 5. The van der Waals surface area contributed by atoms with E-state index in [1.807, 2.05) is 39.0 Å². The van der Waals surface area contributed by atoms with Crippen molar-refractivity contribution in [1.82, 2.24) is 15.2 Å².